The fourth-order valence-corrected chi connectivity index (χ4v) is 1.17. The molecule has 0 bridgehead atoms. The van der Waals surface area contributed by atoms with Gasteiger partial charge in [-0.2, -0.15) is 0 Å². The lowest BCUT2D eigenvalue weighted by molar-refractivity contribution is -0.138. The van der Waals surface area contributed by atoms with Crippen LogP contribution in [0.4, 0.5) is 14.9 Å². The van der Waals surface area contributed by atoms with Gasteiger partial charge in [0, 0.05) is 5.02 Å². The van der Waals surface area contributed by atoms with Gasteiger partial charge in [-0.1, -0.05) is 11.6 Å². The summed E-state index contributed by atoms with van der Waals surface area (Å²) in [5, 5.41) is 13.1. The number of carbonyl (C=O) groups is 2. The second kappa shape index (κ2) is 5.49. The molecule has 0 aromatic heterocycles. The van der Waals surface area contributed by atoms with Crippen LogP contribution in [0.3, 0.4) is 0 Å². The minimum Gasteiger partial charge on any atom is -0.480 e. The van der Waals surface area contributed by atoms with Crippen LogP contribution in [0.1, 0.15) is 6.92 Å². The molecule has 1 atom stereocenters. The molecular formula is C10H10ClFN2O3. The predicted octanol–water partition coefficient (Wildman–Crippen LogP) is 2.07. The third kappa shape index (κ3) is 3.92. The molecule has 0 spiro atoms. The minimum atomic E-state index is -1.18. The van der Waals surface area contributed by atoms with Crippen LogP contribution in [0.5, 0.6) is 0 Å². The average Bonchev–Trinajstić information content (AvgIpc) is 2.22. The van der Waals surface area contributed by atoms with E-state index in [2.05, 4.69) is 10.6 Å². The number of aliphatic carboxylic acids is 1. The summed E-state index contributed by atoms with van der Waals surface area (Å²) in [4.78, 5) is 21.7. The molecule has 7 heteroatoms. The largest absolute Gasteiger partial charge is 0.480 e. The van der Waals surface area contributed by atoms with E-state index in [0.717, 1.165) is 6.07 Å². The number of hydrogen-bond donors (Lipinski definition) is 3. The maximum Gasteiger partial charge on any atom is 0.325 e. The van der Waals surface area contributed by atoms with E-state index in [1.54, 1.807) is 0 Å². The Balaban J connectivity index is 2.65. The summed E-state index contributed by atoms with van der Waals surface area (Å²) in [6.07, 6.45) is 0. The molecule has 0 aliphatic carbocycles. The number of amides is 2. The van der Waals surface area contributed by atoms with Crippen molar-refractivity contribution in [2.75, 3.05) is 5.32 Å². The first kappa shape index (κ1) is 13.2. The maximum absolute atomic E-state index is 13.3. The topological polar surface area (TPSA) is 78.4 Å². The monoisotopic (exact) mass is 260 g/mol. The van der Waals surface area contributed by atoms with Crippen molar-refractivity contribution in [2.24, 2.45) is 0 Å². The van der Waals surface area contributed by atoms with E-state index in [1.165, 1.54) is 19.1 Å². The van der Waals surface area contributed by atoms with Crippen molar-refractivity contribution in [1.29, 1.82) is 0 Å². The molecule has 0 aliphatic heterocycles. The highest BCUT2D eigenvalue weighted by Gasteiger charge is 2.14. The molecule has 2 amide bonds. The van der Waals surface area contributed by atoms with Gasteiger partial charge in [-0.25, -0.2) is 9.18 Å². The van der Waals surface area contributed by atoms with Gasteiger partial charge >= 0.3 is 12.0 Å². The van der Waals surface area contributed by atoms with Gasteiger partial charge < -0.3 is 15.7 Å². The lowest BCUT2D eigenvalue weighted by Gasteiger charge is -2.11. The van der Waals surface area contributed by atoms with Crippen molar-refractivity contribution >= 4 is 29.3 Å². The molecule has 0 heterocycles. The molecule has 0 radical (unpaired) electrons. The minimum absolute atomic E-state index is 0.0792. The van der Waals surface area contributed by atoms with E-state index in [0.29, 0.717) is 0 Å². The SMILES string of the molecule is C[C@H](NC(=O)Nc1ccc(Cl)cc1F)C(=O)O. The summed E-state index contributed by atoms with van der Waals surface area (Å²) in [5.74, 6) is -1.88. The zero-order chi connectivity index (χ0) is 13.0. The summed E-state index contributed by atoms with van der Waals surface area (Å²) in [6.45, 7) is 1.29. The van der Waals surface area contributed by atoms with Crippen molar-refractivity contribution in [3.05, 3.63) is 29.0 Å². The van der Waals surface area contributed by atoms with Crippen LogP contribution in [0.25, 0.3) is 0 Å². The number of halogens is 2. The van der Waals surface area contributed by atoms with E-state index >= 15 is 0 Å². The van der Waals surface area contributed by atoms with Gasteiger partial charge in [-0.15, -0.1) is 0 Å². The summed E-state index contributed by atoms with van der Waals surface area (Å²) in [5.41, 5.74) is -0.0792. The normalized spacial score (nSPS) is 11.7. The quantitative estimate of drug-likeness (QED) is 0.778. The third-order valence-corrected chi connectivity index (χ3v) is 2.13. The Kier molecular flexibility index (Phi) is 4.28. The van der Waals surface area contributed by atoms with Crippen LogP contribution >= 0.6 is 11.6 Å². The lowest BCUT2D eigenvalue weighted by atomic mass is 10.3. The molecule has 1 aromatic carbocycles. The number of carbonyl (C=O) groups excluding carboxylic acids is 1. The number of nitrogens with one attached hydrogen (secondary N) is 2. The number of benzene rings is 1. The Hall–Kier alpha value is -1.82. The number of urea groups is 1. The molecule has 3 N–H and O–H groups in total. The Morgan fingerprint density at radius 1 is 1.47 bits per heavy atom. The van der Waals surface area contributed by atoms with Crippen LogP contribution in [-0.2, 0) is 4.79 Å². The smallest absolute Gasteiger partial charge is 0.325 e. The summed E-state index contributed by atoms with van der Waals surface area (Å²) in [7, 11) is 0. The fourth-order valence-electron chi connectivity index (χ4n) is 1.01. The van der Waals surface area contributed by atoms with E-state index in [1.807, 2.05) is 0 Å². The molecule has 5 nitrogen and oxygen atoms in total. The molecule has 17 heavy (non-hydrogen) atoms. The van der Waals surface area contributed by atoms with E-state index < -0.39 is 23.9 Å². The van der Waals surface area contributed by atoms with Crippen LogP contribution in [0, 0.1) is 5.82 Å². The highest BCUT2D eigenvalue weighted by atomic mass is 35.5. The highest BCUT2D eigenvalue weighted by Crippen LogP contribution is 2.18. The first-order chi connectivity index (χ1) is 7.90. The van der Waals surface area contributed by atoms with Crippen LogP contribution in [0.2, 0.25) is 5.02 Å². The molecule has 1 rings (SSSR count). The van der Waals surface area contributed by atoms with E-state index in [4.69, 9.17) is 16.7 Å². The number of carboxylic acid groups (broad SMARTS) is 1. The van der Waals surface area contributed by atoms with Gasteiger partial charge in [-0.3, -0.25) is 4.79 Å². The standard InChI is InChI=1S/C10H10ClFN2O3/c1-5(9(15)16)13-10(17)14-8-3-2-6(11)4-7(8)12/h2-5H,1H3,(H,15,16)(H2,13,14,17)/t5-/m0/s1. The van der Waals surface area contributed by atoms with Crippen molar-refractivity contribution in [3.63, 3.8) is 0 Å². The second-order valence-electron chi connectivity index (χ2n) is 3.28. The van der Waals surface area contributed by atoms with Gasteiger partial charge in [0.05, 0.1) is 5.69 Å². The number of hydrogen-bond acceptors (Lipinski definition) is 2. The predicted molar refractivity (Wildman–Crippen MR) is 60.7 cm³/mol. The van der Waals surface area contributed by atoms with Gasteiger partial charge in [0.15, 0.2) is 0 Å². The number of carboxylic acids is 1. The lowest BCUT2D eigenvalue weighted by Crippen LogP contribution is -2.41. The molecule has 0 saturated heterocycles. The van der Waals surface area contributed by atoms with Crippen LogP contribution < -0.4 is 10.6 Å². The first-order valence-corrected chi connectivity index (χ1v) is 5.03. The number of anilines is 1. The Morgan fingerprint density at radius 2 is 2.12 bits per heavy atom. The molecule has 0 fully saturated rings. The Morgan fingerprint density at radius 3 is 2.65 bits per heavy atom. The molecule has 92 valence electrons. The highest BCUT2D eigenvalue weighted by molar-refractivity contribution is 6.30. The second-order valence-corrected chi connectivity index (χ2v) is 3.72. The van der Waals surface area contributed by atoms with Crippen molar-refractivity contribution in [2.45, 2.75) is 13.0 Å². The van der Waals surface area contributed by atoms with Gasteiger partial charge in [-0.05, 0) is 25.1 Å². The molecule has 0 unspecified atom stereocenters. The maximum atomic E-state index is 13.3. The Labute approximate surface area is 102 Å². The zero-order valence-corrected chi connectivity index (χ0v) is 9.58. The summed E-state index contributed by atoms with van der Waals surface area (Å²) in [6, 6.07) is 1.85. The molecule has 0 aliphatic rings. The van der Waals surface area contributed by atoms with Crippen molar-refractivity contribution in [1.82, 2.24) is 5.32 Å². The van der Waals surface area contributed by atoms with Crippen LogP contribution in [-0.4, -0.2) is 23.1 Å². The molecule has 0 saturated carbocycles. The van der Waals surface area contributed by atoms with Gasteiger partial charge in [0.25, 0.3) is 0 Å². The van der Waals surface area contributed by atoms with Gasteiger partial charge in [0.1, 0.15) is 11.9 Å². The van der Waals surface area contributed by atoms with Crippen molar-refractivity contribution < 1.29 is 19.1 Å². The van der Waals surface area contributed by atoms with Gasteiger partial charge in [0.2, 0.25) is 0 Å². The molecule has 1 aromatic rings. The zero-order valence-electron chi connectivity index (χ0n) is 8.83. The average molecular weight is 261 g/mol. The summed E-state index contributed by atoms with van der Waals surface area (Å²) >= 11 is 5.53. The fraction of sp³-hybridized carbons (Fsp3) is 0.200. The van der Waals surface area contributed by atoms with E-state index in [9.17, 15) is 14.0 Å². The van der Waals surface area contributed by atoms with Crippen LogP contribution in [0.15, 0.2) is 18.2 Å². The van der Waals surface area contributed by atoms with Crippen molar-refractivity contribution in [3.8, 4) is 0 Å². The molecular weight excluding hydrogens is 251 g/mol. The number of rotatable bonds is 3. The third-order valence-electron chi connectivity index (χ3n) is 1.90. The summed E-state index contributed by atoms with van der Waals surface area (Å²) < 4.78 is 13.3. The first-order valence-electron chi connectivity index (χ1n) is 4.65. The van der Waals surface area contributed by atoms with E-state index in [-0.39, 0.29) is 10.7 Å². The Bertz CT molecular complexity index is 453.